The molecule has 0 atom stereocenters. The highest BCUT2D eigenvalue weighted by Crippen LogP contribution is 2.23. The van der Waals surface area contributed by atoms with E-state index < -0.39 is 45.3 Å². The second kappa shape index (κ2) is 6.89. The Labute approximate surface area is 116 Å². The molecule has 0 saturated heterocycles. The van der Waals surface area contributed by atoms with E-state index in [-0.39, 0.29) is 13.1 Å². The Kier molecular flexibility index (Phi) is 5.75. The van der Waals surface area contributed by atoms with Crippen molar-refractivity contribution in [3.63, 3.8) is 0 Å². The van der Waals surface area contributed by atoms with Gasteiger partial charge in [0, 0.05) is 25.2 Å². The summed E-state index contributed by atoms with van der Waals surface area (Å²) in [5, 5.41) is 8.87. The molecule has 0 fully saturated rings. The van der Waals surface area contributed by atoms with E-state index in [9.17, 15) is 17.2 Å². The summed E-state index contributed by atoms with van der Waals surface area (Å²) in [5.74, 6) is -2.11. The molecule has 0 heterocycles. The van der Waals surface area contributed by atoms with Gasteiger partial charge < -0.3 is 10.8 Å². The summed E-state index contributed by atoms with van der Waals surface area (Å²) in [7, 11) is -4.20. The average molecular weight is 306 g/mol. The van der Waals surface area contributed by atoms with Crippen LogP contribution in [0, 0.1) is 11.6 Å². The number of hydrogen-bond donors (Lipinski definition) is 2. The maximum Gasteiger partial charge on any atom is 0.246 e. The van der Waals surface area contributed by atoms with Crippen LogP contribution in [-0.4, -0.2) is 37.5 Å². The Morgan fingerprint density at radius 2 is 2.05 bits per heavy atom. The van der Waals surface area contributed by atoms with Crippen molar-refractivity contribution in [2.24, 2.45) is 5.73 Å². The Balaban J connectivity index is 3.37. The second-order valence-corrected chi connectivity index (χ2v) is 5.82. The number of aliphatic hydroxyl groups is 1. The first-order chi connectivity index (χ1) is 9.39. The minimum Gasteiger partial charge on any atom is -0.395 e. The minimum atomic E-state index is -4.20. The molecule has 5 nitrogen and oxygen atoms in total. The van der Waals surface area contributed by atoms with E-state index in [0.717, 1.165) is 16.4 Å². The molecule has 0 unspecified atom stereocenters. The van der Waals surface area contributed by atoms with E-state index in [1.807, 2.05) is 0 Å². The third-order valence-corrected chi connectivity index (χ3v) is 4.54. The molecule has 3 N–H and O–H groups in total. The Bertz CT molecular complexity index is 591. The number of aliphatic hydroxyl groups excluding tert-OH is 1. The van der Waals surface area contributed by atoms with Crippen LogP contribution in [0.15, 0.2) is 29.7 Å². The van der Waals surface area contributed by atoms with Crippen LogP contribution in [0.4, 0.5) is 8.78 Å². The maximum atomic E-state index is 14.1. The third kappa shape index (κ3) is 3.21. The molecule has 0 aliphatic carbocycles. The van der Waals surface area contributed by atoms with Crippen molar-refractivity contribution in [1.29, 1.82) is 0 Å². The van der Waals surface area contributed by atoms with Crippen LogP contribution >= 0.6 is 0 Å². The first-order valence-corrected chi connectivity index (χ1v) is 7.23. The van der Waals surface area contributed by atoms with Gasteiger partial charge in [-0.3, -0.25) is 0 Å². The van der Waals surface area contributed by atoms with Gasteiger partial charge in [0.1, 0.15) is 10.7 Å². The Morgan fingerprint density at radius 1 is 1.40 bits per heavy atom. The molecular formula is C12H16F2N2O3S. The SMILES string of the molecule is C=CCN(CCO)S(=O)(=O)c1ccc(F)c(CN)c1F. The van der Waals surface area contributed by atoms with Gasteiger partial charge in [0.15, 0.2) is 5.82 Å². The fourth-order valence-corrected chi connectivity index (χ4v) is 3.16. The molecule has 0 radical (unpaired) electrons. The number of sulfonamides is 1. The predicted molar refractivity (Wildman–Crippen MR) is 70.3 cm³/mol. The fourth-order valence-electron chi connectivity index (χ4n) is 1.67. The highest BCUT2D eigenvalue weighted by atomic mass is 32.2. The van der Waals surface area contributed by atoms with Crippen LogP contribution in [0.5, 0.6) is 0 Å². The van der Waals surface area contributed by atoms with Gasteiger partial charge >= 0.3 is 0 Å². The first-order valence-electron chi connectivity index (χ1n) is 5.79. The van der Waals surface area contributed by atoms with Crippen LogP contribution in [0.25, 0.3) is 0 Å². The van der Waals surface area contributed by atoms with Gasteiger partial charge in [0.05, 0.1) is 6.61 Å². The van der Waals surface area contributed by atoms with E-state index >= 15 is 0 Å². The lowest BCUT2D eigenvalue weighted by Gasteiger charge is -2.20. The molecule has 0 aromatic heterocycles. The lowest BCUT2D eigenvalue weighted by Crippen LogP contribution is -2.34. The van der Waals surface area contributed by atoms with Crippen molar-refractivity contribution in [3.8, 4) is 0 Å². The molecule has 0 aliphatic rings. The van der Waals surface area contributed by atoms with Crippen molar-refractivity contribution in [3.05, 3.63) is 42.0 Å². The number of nitrogens with two attached hydrogens (primary N) is 1. The molecule has 0 amide bonds. The summed E-state index contributed by atoms with van der Waals surface area (Å²) in [4.78, 5) is -0.672. The molecule has 0 bridgehead atoms. The van der Waals surface area contributed by atoms with Crippen molar-refractivity contribution in [1.82, 2.24) is 4.31 Å². The van der Waals surface area contributed by atoms with Gasteiger partial charge in [-0.25, -0.2) is 17.2 Å². The highest BCUT2D eigenvalue weighted by Gasteiger charge is 2.28. The van der Waals surface area contributed by atoms with E-state index in [2.05, 4.69) is 6.58 Å². The zero-order valence-electron chi connectivity index (χ0n) is 10.7. The second-order valence-electron chi connectivity index (χ2n) is 3.92. The smallest absolute Gasteiger partial charge is 0.246 e. The van der Waals surface area contributed by atoms with Crippen molar-refractivity contribution in [2.75, 3.05) is 19.7 Å². The molecule has 0 aliphatic heterocycles. The summed E-state index contributed by atoms with van der Waals surface area (Å²) in [6.45, 7) is 2.19. The molecule has 112 valence electrons. The number of benzene rings is 1. The van der Waals surface area contributed by atoms with Gasteiger partial charge in [0.2, 0.25) is 10.0 Å². The zero-order valence-corrected chi connectivity index (χ0v) is 11.5. The monoisotopic (exact) mass is 306 g/mol. The Hall–Kier alpha value is -1.35. The number of hydrogen-bond acceptors (Lipinski definition) is 4. The van der Waals surface area contributed by atoms with Crippen LogP contribution in [0.1, 0.15) is 5.56 Å². The van der Waals surface area contributed by atoms with Crippen LogP contribution in [-0.2, 0) is 16.6 Å². The Morgan fingerprint density at radius 3 is 2.55 bits per heavy atom. The quantitative estimate of drug-likeness (QED) is 0.722. The maximum absolute atomic E-state index is 14.1. The third-order valence-electron chi connectivity index (χ3n) is 2.65. The summed E-state index contributed by atoms with van der Waals surface area (Å²) >= 11 is 0. The van der Waals surface area contributed by atoms with Crippen molar-refractivity contribution < 1.29 is 22.3 Å². The highest BCUT2D eigenvalue weighted by molar-refractivity contribution is 7.89. The molecule has 1 rings (SSSR count). The van der Waals surface area contributed by atoms with E-state index in [0.29, 0.717) is 0 Å². The molecule has 0 saturated carbocycles. The first kappa shape index (κ1) is 16.7. The van der Waals surface area contributed by atoms with Crippen molar-refractivity contribution in [2.45, 2.75) is 11.4 Å². The number of nitrogens with zero attached hydrogens (tertiary/aromatic N) is 1. The summed E-state index contributed by atoms with van der Waals surface area (Å²) < 4.78 is 52.8. The van der Waals surface area contributed by atoms with E-state index in [1.165, 1.54) is 6.08 Å². The van der Waals surface area contributed by atoms with Gasteiger partial charge in [0.25, 0.3) is 0 Å². The van der Waals surface area contributed by atoms with E-state index in [4.69, 9.17) is 10.8 Å². The lowest BCUT2D eigenvalue weighted by atomic mass is 10.2. The molecule has 20 heavy (non-hydrogen) atoms. The standard InChI is InChI=1S/C12H16F2N2O3S/c1-2-5-16(6-7-17)20(18,19)11-4-3-10(13)9(8-15)12(11)14/h2-4,17H,1,5-8,15H2. The molecule has 1 aromatic rings. The summed E-state index contributed by atoms with van der Waals surface area (Å²) in [6, 6.07) is 1.69. The summed E-state index contributed by atoms with van der Waals surface area (Å²) in [5.41, 5.74) is 4.72. The summed E-state index contributed by atoms with van der Waals surface area (Å²) in [6.07, 6.45) is 1.30. The normalized spacial score (nSPS) is 11.8. The van der Waals surface area contributed by atoms with Crippen LogP contribution in [0.3, 0.4) is 0 Å². The van der Waals surface area contributed by atoms with Gasteiger partial charge in [-0.2, -0.15) is 4.31 Å². The largest absolute Gasteiger partial charge is 0.395 e. The van der Waals surface area contributed by atoms with Crippen LogP contribution < -0.4 is 5.73 Å². The molecule has 0 spiro atoms. The number of rotatable bonds is 7. The van der Waals surface area contributed by atoms with Gasteiger partial charge in [-0.15, -0.1) is 6.58 Å². The van der Waals surface area contributed by atoms with Crippen molar-refractivity contribution >= 4 is 10.0 Å². The van der Waals surface area contributed by atoms with Gasteiger partial charge in [-0.05, 0) is 12.1 Å². The topological polar surface area (TPSA) is 83.6 Å². The average Bonchev–Trinajstić information content (AvgIpc) is 2.38. The predicted octanol–water partition coefficient (Wildman–Crippen LogP) is 0.592. The molecule has 8 heteroatoms. The van der Waals surface area contributed by atoms with Gasteiger partial charge in [-0.1, -0.05) is 6.08 Å². The molecular weight excluding hydrogens is 290 g/mol. The number of halogens is 2. The fraction of sp³-hybridized carbons (Fsp3) is 0.333. The van der Waals surface area contributed by atoms with E-state index in [1.54, 1.807) is 0 Å². The molecule has 1 aromatic carbocycles. The van der Waals surface area contributed by atoms with Crippen LogP contribution in [0.2, 0.25) is 0 Å². The lowest BCUT2D eigenvalue weighted by molar-refractivity contribution is 0.260. The minimum absolute atomic E-state index is 0.0995. The zero-order chi connectivity index (χ0) is 15.3.